The second kappa shape index (κ2) is 12.5. The molecule has 8 nitrogen and oxygen atoms in total. The van der Waals surface area contributed by atoms with Gasteiger partial charge in [0.25, 0.3) is 17.4 Å². The molecule has 1 fully saturated rings. The molecule has 8 heteroatoms. The molecule has 0 radical (unpaired) electrons. The van der Waals surface area contributed by atoms with E-state index in [1.807, 2.05) is 110 Å². The van der Waals surface area contributed by atoms with Gasteiger partial charge in [-0.2, -0.15) is 0 Å². The van der Waals surface area contributed by atoms with E-state index in [-0.39, 0.29) is 17.4 Å². The Labute approximate surface area is 259 Å². The van der Waals surface area contributed by atoms with Crippen molar-refractivity contribution < 1.29 is 9.59 Å². The Morgan fingerprint density at radius 2 is 1.48 bits per heavy atom. The normalized spacial score (nSPS) is 13.9. The lowest BCUT2D eigenvalue weighted by molar-refractivity contribution is 0.0664. The zero-order chi connectivity index (χ0) is 31.6. The summed E-state index contributed by atoms with van der Waals surface area (Å²) in [6.07, 6.45) is 1.82. The molecule has 0 saturated carbocycles. The van der Waals surface area contributed by atoms with E-state index < -0.39 is 5.54 Å². The lowest BCUT2D eigenvalue weighted by atomic mass is 9.96. The molecule has 4 aromatic rings. The van der Waals surface area contributed by atoms with Crippen LogP contribution in [0.15, 0.2) is 89.9 Å². The van der Waals surface area contributed by atoms with Crippen molar-refractivity contribution >= 4 is 28.9 Å². The molecule has 1 N–H and O–H groups in total. The average Bonchev–Trinajstić information content (AvgIpc) is 3.00. The van der Waals surface area contributed by atoms with Crippen molar-refractivity contribution in [3.05, 3.63) is 112 Å². The number of hydrogen-bond acceptors (Lipinski definition) is 5. The molecule has 1 aliphatic rings. The summed E-state index contributed by atoms with van der Waals surface area (Å²) in [7, 11) is 3.79. The first-order valence-electron chi connectivity index (χ1n) is 15.0. The average molecular weight is 592 g/mol. The number of likely N-dealkylation sites (N-methyl/N-ethyl adjacent to an activating group) is 1. The van der Waals surface area contributed by atoms with E-state index in [9.17, 15) is 14.4 Å². The fourth-order valence-corrected chi connectivity index (χ4v) is 5.66. The highest BCUT2D eigenvalue weighted by atomic mass is 16.2. The second-order valence-electron chi connectivity index (χ2n) is 12.5. The molecule has 1 saturated heterocycles. The van der Waals surface area contributed by atoms with Gasteiger partial charge in [0.2, 0.25) is 0 Å². The molecule has 5 rings (SSSR count). The minimum atomic E-state index is -0.482. The summed E-state index contributed by atoms with van der Waals surface area (Å²) in [4.78, 5) is 45.9. The first kappa shape index (κ1) is 30.8. The molecule has 2 heterocycles. The minimum Gasteiger partial charge on any atom is -0.351 e. The van der Waals surface area contributed by atoms with Crippen LogP contribution in [0.25, 0.3) is 11.1 Å². The monoisotopic (exact) mass is 591 g/mol. The smallest absolute Gasteiger partial charge is 0.274 e. The van der Waals surface area contributed by atoms with Gasteiger partial charge in [-0.05, 0) is 94.4 Å². The van der Waals surface area contributed by atoms with Gasteiger partial charge in [-0.25, -0.2) is 0 Å². The summed E-state index contributed by atoms with van der Waals surface area (Å²) in [5.74, 6) is -0.0521. The third kappa shape index (κ3) is 6.45. The lowest BCUT2D eigenvalue weighted by Crippen LogP contribution is -2.47. The van der Waals surface area contributed by atoms with Crippen molar-refractivity contribution in [3.63, 3.8) is 0 Å². The molecular formula is C36H41N5O3. The number of carbonyl (C=O) groups excluding carboxylic acids is 2. The number of piperazine rings is 1. The quantitative estimate of drug-likeness (QED) is 0.301. The van der Waals surface area contributed by atoms with Gasteiger partial charge < -0.3 is 24.6 Å². The van der Waals surface area contributed by atoms with Crippen LogP contribution < -0.4 is 15.8 Å². The van der Waals surface area contributed by atoms with Gasteiger partial charge in [-0.3, -0.25) is 14.4 Å². The Balaban J connectivity index is 1.44. The summed E-state index contributed by atoms with van der Waals surface area (Å²) in [6.45, 7) is 11.2. The van der Waals surface area contributed by atoms with Gasteiger partial charge in [0.05, 0.1) is 0 Å². The number of nitrogens with zero attached hydrogens (tertiary/aromatic N) is 4. The van der Waals surface area contributed by atoms with Gasteiger partial charge in [0, 0.05) is 73.0 Å². The van der Waals surface area contributed by atoms with Crippen molar-refractivity contribution in [2.75, 3.05) is 43.4 Å². The Bertz CT molecular complexity index is 1710. The number of carbonyl (C=O) groups is 2. The summed E-state index contributed by atoms with van der Waals surface area (Å²) in [5.41, 5.74) is 5.24. The van der Waals surface area contributed by atoms with Crippen LogP contribution in [0.5, 0.6) is 0 Å². The molecule has 0 atom stereocenters. The van der Waals surface area contributed by atoms with E-state index >= 15 is 0 Å². The Morgan fingerprint density at radius 1 is 0.818 bits per heavy atom. The highest BCUT2D eigenvalue weighted by molar-refractivity contribution is 6.07. The van der Waals surface area contributed by atoms with E-state index in [2.05, 4.69) is 17.3 Å². The SMILES string of the molecule is Cc1c(-c2cc(Nc3ccc(C(=O)N4CCN(C)CC4)cc3)c(=O)n(C)c2)cccc1N(C(=O)c1ccccc1)C(C)(C)C. The Morgan fingerprint density at radius 3 is 2.11 bits per heavy atom. The lowest BCUT2D eigenvalue weighted by Gasteiger charge is -2.37. The molecule has 1 aromatic heterocycles. The van der Waals surface area contributed by atoms with E-state index in [1.165, 1.54) is 0 Å². The van der Waals surface area contributed by atoms with Crippen molar-refractivity contribution in [2.24, 2.45) is 7.05 Å². The number of anilines is 3. The van der Waals surface area contributed by atoms with E-state index in [4.69, 9.17) is 0 Å². The second-order valence-corrected chi connectivity index (χ2v) is 12.5. The predicted molar refractivity (Wildman–Crippen MR) is 178 cm³/mol. The number of rotatable bonds is 6. The van der Waals surface area contributed by atoms with Gasteiger partial charge in [-0.1, -0.05) is 30.3 Å². The third-order valence-electron chi connectivity index (χ3n) is 8.14. The van der Waals surface area contributed by atoms with E-state index in [1.54, 1.807) is 23.7 Å². The number of amides is 2. The third-order valence-corrected chi connectivity index (χ3v) is 8.14. The van der Waals surface area contributed by atoms with Crippen LogP contribution in [0.2, 0.25) is 0 Å². The van der Waals surface area contributed by atoms with Crippen molar-refractivity contribution in [3.8, 4) is 11.1 Å². The maximum absolute atomic E-state index is 13.8. The number of aryl methyl sites for hydroxylation is 1. The largest absolute Gasteiger partial charge is 0.351 e. The summed E-state index contributed by atoms with van der Waals surface area (Å²) >= 11 is 0. The molecule has 3 aromatic carbocycles. The molecule has 0 bridgehead atoms. The molecule has 2 amide bonds. The first-order chi connectivity index (χ1) is 20.9. The van der Waals surface area contributed by atoms with Gasteiger partial charge >= 0.3 is 0 Å². The van der Waals surface area contributed by atoms with Gasteiger partial charge in [-0.15, -0.1) is 0 Å². The van der Waals surface area contributed by atoms with Gasteiger partial charge in [0.15, 0.2) is 0 Å². The summed E-state index contributed by atoms with van der Waals surface area (Å²) in [6, 6.07) is 24.3. The summed E-state index contributed by atoms with van der Waals surface area (Å²) in [5, 5.41) is 3.27. The van der Waals surface area contributed by atoms with E-state index in [0.29, 0.717) is 35.6 Å². The highest BCUT2D eigenvalue weighted by Gasteiger charge is 2.30. The molecule has 0 aliphatic carbocycles. The number of nitrogens with one attached hydrogen (secondary N) is 1. The number of aromatic nitrogens is 1. The van der Waals surface area contributed by atoms with Crippen LogP contribution in [-0.4, -0.2) is 64.9 Å². The molecule has 0 spiro atoms. The number of pyridine rings is 1. The molecule has 0 unspecified atom stereocenters. The summed E-state index contributed by atoms with van der Waals surface area (Å²) < 4.78 is 1.56. The zero-order valence-electron chi connectivity index (χ0n) is 26.4. The van der Waals surface area contributed by atoms with E-state index in [0.717, 1.165) is 35.5 Å². The topological polar surface area (TPSA) is 77.9 Å². The Hall–Kier alpha value is -4.69. The molecular weight excluding hydrogens is 550 g/mol. The van der Waals surface area contributed by atoms with Crippen LogP contribution in [0.4, 0.5) is 17.1 Å². The number of hydrogen-bond donors (Lipinski definition) is 1. The number of benzene rings is 3. The predicted octanol–water partition coefficient (Wildman–Crippen LogP) is 5.94. The van der Waals surface area contributed by atoms with Crippen molar-refractivity contribution in [1.82, 2.24) is 14.4 Å². The molecule has 228 valence electrons. The maximum atomic E-state index is 13.8. The minimum absolute atomic E-state index is 0.0213. The van der Waals surface area contributed by atoms with Crippen LogP contribution in [-0.2, 0) is 7.05 Å². The van der Waals surface area contributed by atoms with Gasteiger partial charge in [0.1, 0.15) is 5.69 Å². The standard InChI is InChI=1S/C36H41N5O3/c1-25-30(13-10-14-32(25)41(36(2,3)4)34(43)26-11-8-7-9-12-26)28-23-31(35(44)39(6)24-28)37-29-17-15-27(16-18-29)33(42)40-21-19-38(5)20-22-40/h7-18,23-24,37H,19-22H2,1-6H3. The van der Waals surface area contributed by atoms with Crippen LogP contribution in [0, 0.1) is 6.92 Å². The zero-order valence-corrected chi connectivity index (χ0v) is 26.4. The molecule has 44 heavy (non-hydrogen) atoms. The Kier molecular flexibility index (Phi) is 8.74. The van der Waals surface area contributed by atoms with Crippen LogP contribution in [0.3, 0.4) is 0 Å². The van der Waals surface area contributed by atoms with Crippen molar-refractivity contribution in [2.45, 2.75) is 33.2 Å². The fraction of sp³-hybridized carbons (Fsp3) is 0.306. The first-order valence-corrected chi connectivity index (χ1v) is 15.0. The highest BCUT2D eigenvalue weighted by Crippen LogP contribution is 2.35. The fourth-order valence-electron chi connectivity index (χ4n) is 5.66. The van der Waals surface area contributed by atoms with Crippen LogP contribution >= 0.6 is 0 Å². The maximum Gasteiger partial charge on any atom is 0.274 e. The van der Waals surface area contributed by atoms with Crippen molar-refractivity contribution in [1.29, 1.82) is 0 Å². The molecule has 1 aliphatic heterocycles. The van der Waals surface area contributed by atoms with Crippen LogP contribution in [0.1, 0.15) is 47.1 Å².